The third-order valence-electron chi connectivity index (χ3n) is 8.61. The predicted molar refractivity (Wildman–Crippen MR) is 154 cm³/mol. The minimum atomic E-state index is -0.456. The lowest BCUT2D eigenvalue weighted by atomic mass is 9.84. The van der Waals surface area contributed by atoms with Crippen molar-refractivity contribution in [3.8, 4) is 5.75 Å². The standard InChI is InChI=1S/C32H42N4O3/c1-5-10-26-22-12-9-13-23(18-22)29(38)34-25-19-31(3,4)39-27-15-14-21(17-24(25)27)11-7-8-16-32(6-2)20-28(37)36(26)30(33)35-32/h9,12-15,17-18,25-26H,5-8,10-11,16,19-20H2,1-4H3,(H2,33,35)(H,34,38)/t25-,26+,32+/m0/s1. The lowest BCUT2D eigenvalue weighted by Gasteiger charge is -2.41. The Kier molecular flexibility index (Phi) is 7.45. The SMILES string of the molecule is CCC[C@@H]1c2cccc(c2)C(=O)N[C@H]2CC(C)(C)Oc3ccc(cc32)CCCC[C@]2(CC)CC(=O)N1C(N)=N2. The molecule has 0 aliphatic carbocycles. The third-order valence-corrected chi connectivity index (χ3v) is 8.61. The Hall–Kier alpha value is -3.35. The zero-order chi connectivity index (χ0) is 27.8. The molecule has 0 saturated carbocycles. The molecular formula is C32H42N4O3. The maximum atomic E-state index is 13.7. The Bertz CT molecular complexity index is 1290. The molecular weight excluding hydrogens is 488 g/mol. The molecule has 208 valence electrons. The number of aryl methyl sites for hydroxylation is 1. The summed E-state index contributed by atoms with van der Waals surface area (Å²) in [5.41, 5.74) is 9.45. The van der Waals surface area contributed by atoms with E-state index in [0.717, 1.165) is 61.8 Å². The van der Waals surface area contributed by atoms with Gasteiger partial charge in [-0.2, -0.15) is 0 Å². The molecule has 2 aromatic carbocycles. The van der Waals surface area contributed by atoms with Crippen molar-refractivity contribution < 1.29 is 14.3 Å². The van der Waals surface area contributed by atoms with Crippen LogP contribution in [0.15, 0.2) is 47.5 Å². The lowest BCUT2D eigenvalue weighted by Crippen LogP contribution is -2.52. The van der Waals surface area contributed by atoms with E-state index < -0.39 is 11.1 Å². The third kappa shape index (κ3) is 5.54. The number of carbonyl (C=O) groups is 2. The summed E-state index contributed by atoms with van der Waals surface area (Å²) in [6.07, 6.45) is 7.10. The number of fused-ring (bicyclic) bond motifs is 5. The van der Waals surface area contributed by atoms with Gasteiger partial charge in [0.1, 0.15) is 11.4 Å². The number of nitrogens with two attached hydrogens (primary N) is 1. The Morgan fingerprint density at radius 2 is 1.95 bits per heavy atom. The maximum absolute atomic E-state index is 13.7. The number of nitrogens with one attached hydrogen (secondary N) is 1. The molecule has 7 heteroatoms. The molecule has 0 aromatic heterocycles. The first-order valence-corrected chi connectivity index (χ1v) is 14.5. The van der Waals surface area contributed by atoms with E-state index in [4.69, 9.17) is 15.5 Å². The van der Waals surface area contributed by atoms with Crippen molar-refractivity contribution in [1.29, 1.82) is 0 Å². The number of aliphatic imine (C=N–C) groups is 1. The molecule has 0 saturated heterocycles. The Morgan fingerprint density at radius 1 is 1.13 bits per heavy atom. The molecule has 39 heavy (non-hydrogen) atoms. The van der Waals surface area contributed by atoms with E-state index in [1.165, 1.54) is 5.56 Å². The quantitative estimate of drug-likeness (QED) is 0.510. The molecule has 0 spiro atoms. The van der Waals surface area contributed by atoms with Gasteiger partial charge in [0.2, 0.25) is 5.91 Å². The van der Waals surface area contributed by atoms with Gasteiger partial charge in [0, 0.05) is 17.5 Å². The van der Waals surface area contributed by atoms with Crippen LogP contribution in [0.5, 0.6) is 5.75 Å². The summed E-state index contributed by atoms with van der Waals surface area (Å²) in [7, 11) is 0. The maximum Gasteiger partial charge on any atom is 0.251 e. The molecule has 4 aliphatic heterocycles. The topological polar surface area (TPSA) is 97.0 Å². The van der Waals surface area contributed by atoms with Crippen molar-refractivity contribution >= 4 is 17.8 Å². The Balaban J connectivity index is 1.58. The number of amides is 2. The predicted octanol–water partition coefficient (Wildman–Crippen LogP) is 5.98. The molecule has 0 fully saturated rings. The average Bonchev–Trinajstić information content (AvgIpc) is 2.89. The second kappa shape index (κ2) is 10.7. The Labute approximate surface area is 232 Å². The van der Waals surface area contributed by atoms with Gasteiger partial charge in [-0.25, -0.2) is 4.99 Å². The smallest absolute Gasteiger partial charge is 0.251 e. The summed E-state index contributed by atoms with van der Waals surface area (Å²) in [6, 6.07) is 13.6. The van der Waals surface area contributed by atoms with E-state index in [2.05, 4.69) is 45.1 Å². The molecule has 4 aliphatic rings. The highest BCUT2D eigenvalue weighted by Gasteiger charge is 2.41. The number of nitrogens with zero attached hydrogens (tertiary/aromatic N) is 2. The minimum Gasteiger partial charge on any atom is -0.487 e. The highest BCUT2D eigenvalue weighted by molar-refractivity contribution is 6.00. The van der Waals surface area contributed by atoms with Gasteiger partial charge < -0.3 is 15.8 Å². The molecule has 3 atom stereocenters. The zero-order valence-electron chi connectivity index (χ0n) is 23.8. The number of rotatable bonds is 3. The summed E-state index contributed by atoms with van der Waals surface area (Å²) < 4.78 is 6.30. The summed E-state index contributed by atoms with van der Waals surface area (Å²) in [6.45, 7) is 8.32. The van der Waals surface area contributed by atoms with Gasteiger partial charge in [-0.1, -0.05) is 51.0 Å². The fraction of sp³-hybridized carbons (Fsp3) is 0.531. The van der Waals surface area contributed by atoms with E-state index >= 15 is 0 Å². The second-order valence-electron chi connectivity index (χ2n) is 12.1. The van der Waals surface area contributed by atoms with Crippen LogP contribution in [0.1, 0.15) is 118 Å². The molecule has 6 bridgehead atoms. The van der Waals surface area contributed by atoms with E-state index in [0.29, 0.717) is 24.4 Å². The lowest BCUT2D eigenvalue weighted by molar-refractivity contribution is -0.131. The van der Waals surface area contributed by atoms with Gasteiger partial charge in [0.05, 0.1) is 24.0 Å². The minimum absolute atomic E-state index is 0.0171. The first kappa shape index (κ1) is 27.2. The molecule has 2 amide bonds. The van der Waals surface area contributed by atoms with Crippen LogP contribution in [-0.4, -0.2) is 33.8 Å². The van der Waals surface area contributed by atoms with Crippen LogP contribution in [0.4, 0.5) is 0 Å². The van der Waals surface area contributed by atoms with Crippen molar-refractivity contribution in [3.05, 3.63) is 64.7 Å². The molecule has 3 N–H and O–H groups in total. The molecule has 4 heterocycles. The van der Waals surface area contributed by atoms with Crippen molar-refractivity contribution in [2.24, 2.45) is 10.7 Å². The first-order valence-electron chi connectivity index (χ1n) is 14.5. The summed E-state index contributed by atoms with van der Waals surface area (Å²) >= 11 is 0. The average molecular weight is 531 g/mol. The highest BCUT2D eigenvalue weighted by Crippen LogP contribution is 2.41. The van der Waals surface area contributed by atoms with Crippen LogP contribution in [0.3, 0.4) is 0 Å². The van der Waals surface area contributed by atoms with Gasteiger partial charge >= 0.3 is 0 Å². The normalized spacial score (nSPS) is 26.7. The van der Waals surface area contributed by atoms with Crippen molar-refractivity contribution in [3.63, 3.8) is 0 Å². The molecule has 6 rings (SSSR count). The molecule has 7 nitrogen and oxygen atoms in total. The van der Waals surface area contributed by atoms with E-state index in [-0.39, 0.29) is 23.9 Å². The van der Waals surface area contributed by atoms with Crippen molar-refractivity contribution in [2.75, 3.05) is 0 Å². The number of carbonyl (C=O) groups excluding carboxylic acids is 2. The molecule has 0 radical (unpaired) electrons. The number of ether oxygens (including phenoxy) is 1. The number of guanidine groups is 1. The monoisotopic (exact) mass is 530 g/mol. The number of benzene rings is 2. The van der Waals surface area contributed by atoms with Crippen LogP contribution in [0.25, 0.3) is 0 Å². The van der Waals surface area contributed by atoms with Crippen LogP contribution >= 0.6 is 0 Å². The van der Waals surface area contributed by atoms with Crippen LogP contribution in [-0.2, 0) is 11.2 Å². The van der Waals surface area contributed by atoms with E-state index in [9.17, 15) is 9.59 Å². The summed E-state index contributed by atoms with van der Waals surface area (Å²) in [5.74, 6) is 1.02. The fourth-order valence-corrected chi connectivity index (χ4v) is 6.51. The molecule has 0 unspecified atom stereocenters. The van der Waals surface area contributed by atoms with Gasteiger partial charge in [-0.3, -0.25) is 14.5 Å². The fourth-order valence-electron chi connectivity index (χ4n) is 6.51. The zero-order valence-corrected chi connectivity index (χ0v) is 23.8. The van der Waals surface area contributed by atoms with Crippen molar-refractivity contribution in [2.45, 2.75) is 109 Å². The Morgan fingerprint density at radius 3 is 2.69 bits per heavy atom. The van der Waals surface area contributed by atoms with Crippen LogP contribution in [0, 0.1) is 0 Å². The number of hydrogen-bond donors (Lipinski definition) is 2. The van der Waals surface area contributed by atoms with Gasteiger partial charge in [0.25, 0.3) is 5.91 Å². The van der Waals surface area contributed by atoms with Crippen molar-refractivity contribution in [1.82, 2.24) is 10.2 Å². The van der Waals surface area contributed by atoms with Crippen LogP contribution in [0.2, 0.25) is 0 Å². The molecule has 2 aromatic rings. The number of hydrogen-bond acceptors (Lipinski definition) is 5. The highest BCUT2D eigenvalue weighted by atomic mass is 16.5. The van der Waals surface area contributed by atoms with Gasteiger partial charge in [-0.15, -0.1) is 0 Å². The summed E-state index contributed by atoms with van der Waals surface area (Å²) in [5, 5.41) is 3.30. The van der Waals surface area contributed by atoms with E-state index in [1.807, 2.05) is 30.3 Å². The second-order valence-corrected chi connectivity index (χ2v) is 12.1. The first-order chi connectivity index (χ1) is 18.6. The van der Waals surface area contributed by atoms with Gasteiger partial charge in [-0.05, 0) is 75.3 Å². The van der Waals surface area contributed by atoms with E-state index in [1.54, 1.807) is 4.90 Å². The summed E-state index contributed by atoms with van der Waals surface area (Å²) in [4.78, 5) is 33.9. The van der Waals surface area contributed by atoms with Crippen LogP contribution < -0.4 is 15.8 Å². The largest absolute Gasteiger partial charge is 0.487 e. The van der Waals surface area contributed by atoms with Gasteiger partial charge in [0.15, 0.2) is 5.96 Å².